The van der Waals surface area contributed by atoms with Crippen molar-refractivity contribution < 1.29 is 0 Å². The SMILES string of the molecule is CCc1ncc[nH]1.[B]C(c1ccccc1)c1ccccc1. The largest absolute Gasteiger partial charge is 0.349 e. The number of imidazole rings is 1. The van der Waals surface area contributed by atoms with E-state index >= 15 is 0 Å². The number of rotatable bonds is 3. The molecule has 1 N–H and O–H groups in total. The average molecular weight is 274 g/mol. The quantitative estimate of drug-likeness (QED) is 0.720. The molecule has 2 radical (unpaired) electrons. The summed E-state index contributed by atoms with van der Waals surface area (Å²) in [5.41, 5.74) is 2.30. The summed E-state index contributed by atoms with van der Waals surface area (Å²) in [4.78, 5) is 6.95. The van der Waals surface area contributed by atoms with Crippen molar-refractivity contribution in [3.63, 3.8) is 0 Å². The van der Waals surface area contributed by atoms with Gasteiger partial charge in [-0.15, -0.1) is 0 Å². The van der Waals surface area contributed by atoms with Gasteiger partial charge in [-0.25, -0.2) is 4.98 Å². The molecule has 0 aliphatic rings. The molecule has 0 atom stereocenters. The predicted molar refractivity (Wildman–Crippen MR) is 88.4 cm³/mol. The second-order valence-corrected chi connectivity index (χ2v) is 4.69. The van der Waals surface area contributed by atoms with Crippen LogP contribution in [-0.4, -0.2) is 17.8 Å². The van der Waals surface area contributed by atoms with Gasteiger partial charge in [-0.3, -0.25) is 0 Å². The Morgan fingerprint density at radius 3 is 1.81 bits per heavy atom. The third-order valence-electron chi connectivity index (χ3n) is 3.21. The highest BCUT2D eigenvalue weighted by Gasteiger charge is 2.05. The second-order valence-electron chi connectivity index (χ2n) is 4.69. The smallest absolute Gasteiger partial charge is 0.105 e. The maximum atomic E-state index is 6.12. The number of nitrogens with zero attached hydrogens (tertiary/aromatic N) is 1. The Bertz CT molecular complexity index is 567. The molecule has 0 spiro atoms. The Labute approximate surface area is 127 Å². The van der Waals surface area contributed by atoms with Gasteiger partial charge in [-0.2, -0.15) is 0 Å². The van der Waals surface area contributed by atoms with E-state index in [4.69, 9.17) is 7.85 Å². The molecular weight excluding hydrogens is 255 g/mol. The molecule has 1 heterocycles. The predicted octanol–water partition coefficient (Wildman–Crippen LogP) is 3.92. The van der Waals surface area contributed by atoms with E-state index in [0.717, 1.165) is 23.4 Å². The van der Waals surface area contributed by atoms with Crippen LogP contribution >= 0.6 is 0 Å². The molecule has 0 aliphatic heterocycles. The molecule has 21 heavy (non-hydrogen) atoms. The van der Waals surface area contributed by atoms with Crippen molar-refractivity contribution in [1.29, 1.82) is 0 Å². The fraction of sp³-hybridized carbons (Fsp3) is 0.167. The fourth-order valence-corrected chi connectivity index (χ4v) is 2.00. The third-order valence-corrected chi connectivity index (χ3v) is 3.21. The molecule has 0 bridgehead atoms. The lowest BCUT2D eigenvalue weighted by molar-refractivity contribution is 0.990. The van der Waals surface area contributed by atoms with Crippen LogP contribution in [0.4, 0.5) is 0 Å². The van der Waals surface area contributed by atoms with Gasteiger partial charge in [0.25, 0.3) is 0 Å². The lowest BCUT2D eigenvalue weighted by Crippen LogP contribution is -1.99. The first kappa shape index (κ1) is 15.1. The first-order valence-electron chi connectivity index (χ1n) is 7.15. The Morgan fingerprint density at radius 1 is 0.952 bits per heavy atom. The van der Waals surface area contributed by atoms with Crippen LogP contribution < -0.4 is 0 Å². The van der Waals surface area contributed by atoms with E-state index in [1.165, 1.54) is 0 Å². The number of benzene rings is 2. The van der Waals surface area contributed by atoms with E-state index in [0.29, 0.717) is 0 Å². The lowest BCUT2D eigenvalue weighted by atomic mass is 9.76. The van der Waals surface area contributed by atoms with Gasteiger partial charge in [0.2, 0.25) is 0 Å². The van der Waals surface area contributed by atoms with Crippen molar-refractivity contribution in [3.05, 3.63) is 90.0 Å². The van der Waals surface area contributed by atoms with Crippen molar-refractivity contribution in [2.24, 2.45) is 0 Å². The van der Waals surface area contributed by atoms with Crippen molar-refractivity contribution in [1.82, 2.24) is 9.97 Å². The van der Waals surface area contributed by atoms with E-state index in [2.05, 4.69) is 41.2 Å². The summed E-state index contributed by atoms with van der Waals surface area (Å²) in [6.07, 6.45) is 4.59. The van der Waals surface area contributed by atoms with Crippen LogP contribution in [0.2, 0.25) is 0 Å². The molecular formula is C18H19BN2. The van der Waals surface area contributed by atoms with Gasteiger partial charge in [0.1, 0.15) is 5.82 Å². The van der Waals surface area contributed by atoms with E-state index in [9.17, 15) is 0 Å². The van der Waals surface area contributed by atoms with Crippen LogP contribution in [0, 0.1) is 0 Å². The van der Waals surface area contributed by atoms with Crippen molar-refractivity contribution in [2.45, 2.75) is 19.2 Å². The van der Waals surface area contributed by atoms with Gasteiger partial charge >= 0.3 is 0 Å². The second kappa shape index (κ2) is 8.10. The summed E-state index contributed by atoms with van der Waals surface area (Å²) in [6.45, 7) is 2.07. The van der Waals surface area contributed by atoms with E-state index < -0.39 is 0 Å². The highest BCUT2D eigenvalue weighted by Crippen LogP contribution is 2.20. The standard InChI is InChI=1S/C13H11B.C5H8N2/c14-13(11-7-3-1-4-8-11)12-9-5-2-6-10-12;1-2-5-6-3-4-7-5/h1-10,13H;3-4H,2H2,1H3,(H,6,7). The molecule has 0 unspecified atom stereocenters. The molecule has 0 saturated carbocycles. The first-order valence-corrected chi connectivity index (χ1v) is 7.15. The van der Waals surface area contributed by atoms with Crippen molar-refractivity contribution in [3.8, 4) is 0 Å². The number of H-pyrrole nitrogens is 1. The topological polar surface area (TPSA) is 28.7 Å². The molecule has 1 aromatic heterocycles. The molecule has 0 saturated heterocycles. The zero-order chi connectivity index (χ0) is 14.9. The van der Waals surface area contributed by atoms with Crippen LogP contribution in [0.25, 0.3) is 0 Å². The van der Waals surface area contributed by atoms with Crippen LogP contribution in [0.1, 0.15) is 29.7 Å². The minimum absolute atomic E-state index is 0.0163. The Hall–Kier alpha value is -2.29. The maximum Gasteiger partial charge on any atom is 0.105 e. The van der Waals surface area contributed by atoms with Crippen molar-refractivity contribution in [2.75, 3.05) is 0 Å². The Kier molecular flexibility index (Phi) is 5.83. The highest BCUT2D eigenvalue weighted by atomic mass is 14.9. The van der Waals surface area contributed by atoms with E-state index in [-0.39, 0.29) is 5.82 Å². The van der Waals surface area contributed by atoms with Gasteiger partial charge < -0.3 is 4.98 Å². The third kappa shape index (κ3) is 4.64. The summed E-state index contributed by atoms with van der Waals surface area (Å²) in [6, 6.07) is 20.3. The number of hydrogen-bond acceptors (Lipinski definition) is 1. The zero-order valence-corrected chi connectivity index (χ0v) is 12.2. The number of aromatic nitrogens is 2. The minimum atomic E-state index is -0.0163. The van der Waals surface area contributed by atoms with Gasteiger partial charge in [-0.05, 0) is 16.9 Å². The van der Waals surface area contributed by atoms with Crippen LogP contribution in [0.15, 0.2) is 73.1 Å². The molecule has 2 aromatic carbocycles. The molecule has 0 amide bonds. The number of aromatic amines is 1. The van der Waals surface area contributed by atoms with Gasteiger partial charge in [0, 0.05) is 18.8 Å². The summed E-state index contributed by atoms with van der Waals surface area (Å²) in [5.74, 6) is 1.04. The number of aryl methyl sites for hydroxylation is 1. The normalized spacial score (nSPS) is 10.0. The highest BCUT2D eigenvalue weighted by molar-refractivity contribution is 6.14. The summed E-state index contributed by atoms with van der Waals surface area (Å²) < 4.78 is 0. The van der Waals surface area contributed by atoms with Gasteiger partial charge in [0.15, 0.2) is 0 Å². The number of hydrogen-bond donors (Lipinski definition) is 1. The average Bonchev–Trinajstić information content (AvgIpc) is 3.10. The fourth-order valence-electron chi connectivity index (χ4n) is 2.00. The molecule has 3 heteroatoms. The summed E-state index contributed by atoms with van der Waals surface area (Å²) in [5, 5.41) is 0. The first-order chi connectivity index (χ1) is 10.3. The monoisotopic (exact) mass is 274 g/mol. The molecule has 3 aromatic rings. The molecule has 104 valence electrons. The Balaban J connectivity index is 0.000000194. The molecule has 3 rings (SSSR count). The number of nitrogens with one attached hydrogen (secondary N) is 1. The molecule has 0 fully saturated rings. The van der Waals surface area contributed by atoms with Crippen LogP contribution in [0.5, 0.6) is 0 Å². The van der Waals surface area contributed by atoms with Crippen LogP contribution in [-0.2, 0) is 6.42 Å². The minimum Gasteiger partial charge on any atom is -0.349 e. The van der Waals surface area contributed by atoms with E-state index in [1.807, 2.05) is 42.6 Å². The molecule has 2 nitrogen and oxygen atoms in total. The molecule has 0 aliphatic carbocycles. The summed E-state index contributed by atoms with van der Waals surface area (Å²) in [7, 11) is 6.12. The summed E-state index contributed by atoms with van der Waals surface area (Å²) >= 11 is 0. The van der Waals surface area contributed by atoms with Gasteiger partial charge in [0.05, 0.1) is 7.85 Å². The zero-order valence-electron chi connectivity index (χ0n) is 12.2. The van der Waals surface area contributed by atoms with Crippen LogP contribution in [0.3, 0.4) is 0 Å². The maximum absolute atomic E-state index is 6.12. The van der Waals surface area contributed by atoms with E-state index in [1.54, 1.807) is 6.20 Å². The van der Waals surface area contributed by atoms with Crippen molar-refractivity contribution >= 4 is 7.85 Å². The Morgan fingerprint density at radius 2 is 1.48 bits per heavy atom. The lowest BCUT2D eigenvalue weighted by Gasteiger charge is -2.12. The van der Waals surface area contributed by atoms with Gasteiger partial charge in [-0.1, -0.05) is 67.6 Å².